The standard InChI is InChI=1S/C10H16N8O/c1-17(2)10-13-8(12-9(11)14-10)6-18-5-7(3-4-19)15-16-18/h5,19H,3-4,6H2,1-2H3,(H2,11,12,13,14). The molecule has 0 radical (unpaired) electrons. The third-order valence-corrected chi connectivity index (χ3v) is 2.34. The van der Waals surface area contributed by atoms with Crippen LogP contribution in [0.4, 0.5) is 11.9 Å². The van der Waals surface area contributed by atoms with Crippen LogP contribution in [0, 0.1) is 0 Å². The lowest BCUT2D eigenvalue weighted by Gasteiger charge is -2.11. The zero-order valence-corrected chi connectivity index (χ0v) is 10.9. The lowest BCUT2D eigenvalue weighted by molar-refractivity contribution is 0.298. The fraction of sp³-hybridized carbons (Fsp3) is 0.500. The van der Waals surface area contributed by atoms with Crippen LogP contribution in [-0.2, 0) is 13.0 Å². The van der Waals surface area contributed by atoms with Gasteiger partial charge in [0.05, 0.1) is 5.69 Å². The van der Waals surface area contributed by atoms with Crippen molar-refractivity contribution in [1.82, 2.24) is 29.9 Å². The first kappa shape index (κ1) is 13.1. The van der Waals surface area contributed by atoms with Gasteiger partial charge in [-0.3, -0.25) is 0 Å². The first-order valence-corrected chi connectivity index (χ1v) is 5.76. The van der Waals surface area contributed by atoms with E-state index in [0.717, 1.165) is 5.69 Å². The number of aromatic nitrogens is 6. The molecule has 0 aromatic carbocycles. The minimum Gasteiger partial charge on any atom is -0.396 e. The molecule has 0 aliphatic heterocycles. The topological polar surface area (TPSA) is 119 Å². The monoisotopic (exact) mass is 264 g/mol. The fourth-order valence-electron chi connectivity index (χ4n) is 1.49. The van der Waals surface area contributed by atoms with Crippen molar-refractivity contribution in [1.29, 1.82) is 0 Å². The fourth-order valence-corrected chi connectivity index (χ4v) is 1.49. The summed E-state index contributed by atoms with van der Waals surface area (Å²) in [6.07, 6.45) is 2.22. The molecule has 0 bridgehead atoms. The predicted octanol–water partition coefficient (Wildman–Crippen LogP) is -1.31. The second kappa shape index (κ2) is 5.57. The molecule has 2 heterocycles. The number of rotatable bonds is 5. The Morgan fingerprint density at radius 2 is 2.11 bits per heavy atom. The summed E-state index contributed by atoms with van der Waals surface area (Å²) >= 11 is 0. The molecule has 2 aromatic heterocycles. The Kier molecular flexibility index (Phi) is 3.85. The molecule has 0 spiro atoms. The van der Waals surface area contributed by atoms with Crippen molar-refractivity contribution >= 4 is 11.9 Å². The first-order valence-electron chi connectivity index (χ1n) is 5.76. The molecule has 2 aromatic rings. The Bertz CT molecular complexity index is 552. The van der Waals surface area contributed by atoms with E-state index in [0.29, 0.717) is 24.7 Å². The first-order chi connectivity index (χ1) is 9.08. The van der Waals surface area contributed by atoms with Crippen molar-refractivity contribution in [2.24, 2.45) is 0 Å². The van der Waals surface area contributed by atoms with E-state index in [1.165, 1.54) is 0 Å². The van der Waals surface area contributed by atoms with Crippen LogP contribution in [0.3, 0.4) is 0 Å². The lowest BCUT2D eigenvalue weighted by atomic mass is 10.3. The molecule has 2 rings (SSSR count). The molecule has 0 fully saturated rings. The lowest BCUT2D eigenvalue weighted by Crippen LogP contribution is -2.17. The third-order valence-electron chi connectivity index (χ3n) is 2.34. The number of hydrogen-bond acceptors (Lipinski definition) is 8. The Balaban J connectivity index is 2.17. The van der Waals surface area contributed by atoms with Crippen LogP contribution in [0.1, 0.15) is 11.5 Å². The second-order valence-electron chi connectivity index (χ2n) is 4.19. The molecule has 0 saturated carbocycles. The van der Waals surface area contributed by atoms with Gasteiger partial charge in [-0.2, -0.15) is 15.0 Å². The van der Waals surface area contributed by atoms with Crippen molar-refractivity contribution in [2.75, 3.05) is 31.3 Å². The van der Waals surface area contributed by atoms with Crippen LogP contribution in [0.5, 0.6) is 0 Å². The second-order valence-corrected chi connectivity index (χ2v) is 4.19. The molecular weight excluding hydrogens is 248 g/mol. The predicted molar refractivity (Wildman–Crippen MR) is 68.5 cm³/mol. The highest BCUT2D eigenvalue weighted by molar-refractivity contribution is 5.32. The highest BCUT2D eigenvalue weighted by Crippen LogP contribution is 2.06. The van der Waals surface area contributed by atoms with Crippen molar-refractivity contribution in [3.8, 4) is 0 Å². The average Bonchev–Trinajstić information content (AvgIpc) is 2.76. The zero-order valence-electron chi connectivity index (χ0n) is 10.9. The molecule has 0 amide bonds. The van der Waals surface area contributed by atoms with Crippen molar-refractivity contribution in [3.05, 3.63) is 17.7 Å². The summed E-state index contributed by atoms with van der Waals surface area (Å²) in [6.45, 7) is 0.397. The molecular formula is C10H16N8O. The molecule has 0 atom stereocenters. The molecule has 0 saturated heterocycles. The highest BCUT2D eigenvalue weighted by Gasteiger charge is 2.08. The SMILES string of the molecule is CN(C)c1nc(N)nc(Cn2cc(CCO)nn2)n1. The van der Waals surface area contributed by atoms with E-state index in [1.807, 2.05) is 14.1 Å². The van der Waals surface area contributed by atoms with E-state index in [4.69, 9.17) is 10.8 Å². The van der Waals surface area contributed by atoms with Gasteiger partial charge in [-0.1, -0.05) is 5.21 Å². The Morgan fingerprint density at radius 3 is 2.79 bits per heavy atom. The van der Waals surface area contributed by atoms with Gasteiger partial charge in [0.25, 0.3) is 0 Å². The minimum absolute atomic E-state index is 0.0438. The van der Waals surface area contributed by atoms with Gasteiger partial charge in [0.15, 0.2) is 5.82 Å². The van der Waals surface area contributed by atoms with Crippen molar-refractivity contribution in [2.45, 2.75) is 13.0 Å². The van der Waals surface area contributed by atoms with Crippen LogP contribution in [0.25, 0.3) is 0 Å². The maximum atomic E-state index is 8.82. The normalized spacial score (nSPS) is 10.7. The molecule has 9 heteroatoms. The summed E-state index contributed by atoms with van der Waals surface area (Å²) in [5, 5.41) is 16.7. The maximum Gasteiger partial charge on any atom is 0.229 e. The van der Waals surface area contributed by atoms with E-state index < -0.39 is 0 Å². The Labute approximate surface area is 110 Å². The van der Waals surface area contributed by atoms with Crippen LogP contribution in [0.2, 0.25) is 0 Å². The van der Waals surface area contributed by atoms with Gasteiger partial charge >= 0.3 is 0 Å². The number of hydrogen-bond donors (Lipinski definition) is 2. The van der Waals surface area contributed by atoms with Crippen LogP contribution < -0.4 is 10.6 Å². The van der Waals surface area contributed by atoms with Crippen molar-refractivity contribution < 1.29 is 5.11 Å². The highest BCUT2D eigenvalue weighted by atomic mass is 16.3. The van der Waals surface area contributed by atoms with Gasteiger partial charge in [-0.25, -0.2) is 4.68 Å². The molecule has 0 unspecified atom stereocenters. The molecule has 0 aliphatic carbocycles. The van der Waals surface area contributed by atoms with Gasteiger partial charge in [0.2, 0.25) is 11.9 Å². The Morgan fingerprint density at radius 1 is 1.32 bits per heavy atom. The average molecular weight is 264 g/mol. The number of aliphatic hydroxyl groups excluding tert-OH is 1. The van der Waals surface area contributed by atoms with Crippen molar-refractivity contribution in [3.63, 3.8) is 0 Å². The quantitative estimate of drug-likeness (QED) is 0.683. The number of anilines is 2. The van der Waals surface area contributed by atoms with E-state index in [1.54, 1.807) is 15.8 Å². The zero-order chi connectivity index (χ0) is 13.8. The van der Waals surface area contributed by atoms with Gasteiger partial charge in [0.1, 0.15) is 6.54 Å². The van der Waals surface area contributed by atoms with Gasteiger partial charge in [-0.05, 0) is 0 Å². The molecule has 0 aliphatic rings. The summed E-state index contributed by atoms with van der Waals surface area (Å²) < 4.78 is 1.60. The van der Waals surface area contributed by atoms with Crippen LogP contribution >= 0.6 is 0 Å². The van der Waals surface area contributed by atoms with Gasteiger partial charge in [-0.15, -0.1) is 5.10 Å². The van der Waals surface area contributed by atoms with Crippen LogP contribution in [0.15, 0.2) is 6.20 Å². The Hall–Kier alpha value is -2.29. The third kappa shape index (κ3) is 3.35. The molecule has 3 N–H and O–H groups in total. The maximum absolute atomic E-state index is 8.82. The van der Waals surface area contributed by atoms with E-state index in [2.05, 4.69) is 25.3 Å². The number of nitrogens with zero attached hydrogens (tertiary/aromatic N) is 7. The molecule has 9 nitrogen and oxygen atoms in total. The number of aliphatic hydroxyl groups is 1. The largest absolute Gasteiger partial charge is 0.396 e. The summed E-state index contributed by atoms with van der Waals surface area (Å²) in [6, 6.07) is 0. The van der Waals surface area contributed by atoms with E-state index in [9.17, 15) is 0 Å². The van der Waals surface area contributed by atoms with E-state index in [-0.39, 0.29) is 12.6 Å². The number of nitrogens with two attached hydrogens (primary N) is 1. The van der Waals surface area contributed by atoms with Gasteiger partial charge < -0.3 is 15.7 Å². The number of nitrogen functional groups attached to an aromatic ring is 1. The van der Waals surface area contributed by atoms with Gasteiger partial charge in [0, 0.05) is 33.3 Å². The summed E-state index contributed by atoms with van der Waals surface area (Å²) in [7, 11) is 3.65. The summed E-state index contributed by atoms with van der Waals surface area (Å²) in [4.78, 5) is 14.1. The van der Waals surface area contributed by atoms with Crippen LogP contribution in [-0.4, -0.2) is 55.8 Å². The van der Waals surface area contributed by atoms with E-state index >= 15 is 0 Å². The molecule has 102 valence electrons. The molecule has 19 heavy (non-hydrogen) atoms. The minimum atomic E-state index is 0.0438. The smallest absolute Gasteiger partial charge is 0.229 e. The summed E-state index contributed by atoms with van der Waals surface area (Å²) in [5.74, 6) is 1.18. The summed E-state index contributed by atoms with van der Waals surface area (Å²) in [5.41, 5.74) is 6.36.